The number of aliphatic hydroxyl groups is 1. The zero-order chi connectivity index (χ0) is 12.7. The average Bonchev–Trinajstić information content (AvgIpc) is 2.76. The normalized spacial score (nSPS) is 20.2. The van der Waals surface area contributed by atoms with Crippen molar-refractivity contribution in [1.82, 2.24) is 5.32 Å². The second-order valence-corrected chi connectivity index (χ2v) is 6.21. The molecule has 0 saturated heterocycles. The van der Waals surface area contributed by atoms with Crippen molar-refractivity contribution >= 4 is 17.7 Å². The van der Waals surface area contributed by atoms with Gasteiger partial charge in [0.1, 0.15) is 5.60 Å². The number of methoxy groups -OCH3 is 1. The molecule has 0 spiro atoms. The van der Waals surface area contributed by atoms with E-state index in [-0.39, 0.29) is 19.1 Å². The Morgan fingerprint density at radius 1 is 1.53 bits per heavy atom. The Morgan fingerprint density at radius 3 is 2.76 bits per heavy atom. The van der Waals surface area contributed by atoms with Crippen LogP contribution in [0, 0.1) is 0 Å². The molecule has 1 aliphatic rings. The molecular formula is C12H23NO3S. The summed E-state index contributed by atoms with van der Waals surface area (Å²) in [5, 5.41) is 13.2. The number of thioether (sulfide) groups is 1. The van der Waals surface area contributed by atoms with Crippen LogP contribution in [0.2, 0.25) is 0 Å². The van der Waals surface area contributed by atoms with Gasteiger partial charge in [-0.15, -0.1) is 11.8 Å². The van der Waals surface area contributed by atoms with Gasteiger partial charge in [0.2, 0.25) is 5.91 Å². The highest BCUT2D eigenvalue weighted by atomic mass is 32.2. The van der Waals surface area contributed by atoms with Crippen molar-refractivity contribution in [3.05, 3.63) is 0 Å². The van der Waals surface area contributed by atoms with E-state index in [1.807, 2.05) is 0 Å². The van der Waals surface area contributed by atoms with Crippen LogP contribution < -0.4 is 5.32 Å². The first-order chi connectivity index (χ1) is 8.03. The SMILES string of the molecule is COCC(C)(O)CNC(=O)CSC1CCCC1. The first-order valence-corrected chi connectivity index (χ1v) is 7.18. The zero-order valence-electron chi connectivity index (χ0n) is 10.7. The second-order valence-electron chi connectivity index (χ2n) is 4.92. The summed E-state index contributed by atoms with van der Waals surface area (Å²) in [5.41, 5.74) is -0.984. The molecule has 0 aromatic carbocycles. The van der Waals surface area contributed by atoms with E-state index < -0.39 is 5.60 Å². The maximum Gasteiger partial charge on any atom is 0.230 e. The molecule has 100 valence electrons. The van der Waals surface area contributed by atoms with Gasteiger partial charge in [-0.1, -0.05) is 12.8 Å². The molecule has 0 bridgehead atoms. The molecule has 1 aliphatic carbocycles. The fraction of sp³-hybridized carbons (Fsp3) is 0.917. The summed E-state index contributed by atoms with van der Waals surface area (Å²) in [7, 11) is 1.53. The van der Waals surface area contributed by atoms with Crippen LogP contribution in [0.4, 0.5) is 0 Å². The van der Waals surface area contributed by atoms with E-state index >= 15 is 0 Å². The van der Waals surface area contributed by atoms with Crippen molar-refractivity contribution in [2.75, 3.05) is 26.0 Å². The highest BCUT2D eigenvalue weighted by Gasteiger charge is 2.21. The van der Waals surface area contributed by atoms with Gasteiger partial charge in [0, 0.05) is 18.9 Å². The highest BCUT2D eigenvalue weighted by molar-refractivity contribution is 8.00. The van der Waals surface area contributed by atoms with Gasteiger partial charge in [-0.3, -0.25) is 4.79 Å². The van der Waals surface area contributed by atoms with E-state index in [4.69, 9.17) is 4.74 Å². The van der Waals surface area contributed by atoms with E-state index in [0.717, 1.165) is 0 Å². The molecule has 1 saturated carbocycles. The quantitative estimate of drug-likeness (QED) is 0.722. The molecule has 0 aromatic heterocycles. The lowest BCUT2D eigenvalue weighted by atomic mass is 10.1. The van der Waals surface area contributed by atoms with Crippen LogP contribution in [-0.4, -0.2) is 47.9 Å². The third-order valence-corrected chi connectivity index (χ3v) is 4.25. The van der Waals surface area contributed by atoms with E-state index in [1.165, 1.54) is 32.8 Å². The van der Waals surface area contributed by atoms with E-state index in [0.29, 0.717) is 11.0 Å². The van der Waals surface area contributed by atoms with Crippen molar-refractivity contribution in [1.29, 1.82) is 0 Å². The zero-order valence-corrected chi connectivity index (χ0v) is 11.5. The fourth-order valence-electron chi connectivity index (χ4n) is 1.95. The minimum Gasteiger partial charge on any atom is -0.386 e. The largest absolute Gasteiger partial charge is 0.386 e. The van der Waals surface area contributed by atoms with E-state index in [9.17, 15) is 9.90 Å². The molecule has 0 aliphatic heterocycles. The van der Waals surface area contributed by atoms with Crippen LogP contribution in [-0.2, 0) is 9.53 Å². The molecule has 1 unspecified atom stereocenters. The van der Waals surface area contributed by atoms with Gasteiger partial charge < -0.3 is 15.2 Å². The average molecular weight is 261 g/mol. The van der Waals surface area contributed by atoms with Crippen LogP contribution in [0.1, 0.15) is 32.6 Å². The Labute approximate surface area is 107 Å². The lowest BCUT2D eigenvalue weighted by molar-refractivity contribution is -0.120. The van der Waals surface area contributed by atoms with Crippen LogP contribution in [0.5, 0.6) is 0 Å². The van der Waals surface area contributed by atoms with Gasteiger partial charge in [-0.05, 0) is 19.8 Å². The van der Waals surface area contributed by atoms with E-state index in [2.05, 4.69) is 5.32 Å². The van der Waals surface area contributed by atoms with Crippen molar-refractivity contribution in [2.45, 2.75) is 43.5 Å². The molecule has 0 radical (unpaired) electrons. The number of hydrogen-bond acceptors (Lipinski definition) is 4. The summed E-state index contributed by atoms with van der Waals surface area (Å²) in [6.45, 7) is 2.12. The van der Waals surface area contributed by atoms with Gasteiger partial charge >= 0.3 is 0 Å². The van der Waals surface area contributed by atoms with Crippen LogP contribution >= 0.6 is 11.8 Å². The van der Waals surface area contributed by atoms with Gasteiger partial charge in [0.25, 0.3) is 0 Å². The third-order valence-electron chi connectivity index (χ3n) is 2.87. The lowest BCUT2D eigenvalue weighted by Crippen LogP contribution is -2.44. The summed E-state index contributed by atoms with van der Waals surface area (Å²) in [4.78, 5) is 11.6. The Kier molecular flexibility index (Phi) is 6.30. The van der Waals surface area contributed by atoms with Crippen molar-refractivity contribution in [3.8, 4) is 0 Å². The maximum absolute atomic E-state index is 11.6. The summed E-state index contributed by atoms with van der Waals surface area (Å²) >= 11 is 1.73. The monoisotopic (exact) mass is 261 g/mol. The van der Waals surface area contributed by atoms with Gasteiger partial charge in [-0.2, -0.15) is 0 Å². The van der Waals surface area contributed by atoms with Crippen molar-refractivity contribution < 1.29 is 14.6 Å². The number of amides is 1. The fourth-order valence-corrected chi connectivity index (χ4v) is 3.11. The van der Waals surface area contributed by atoms with Gasteiger partial charge in [-0.25, -0.2) is 0 Å². The molecule has 1 atom stereocenters. The maximum atomic E-state index is 11.6. The summed E-state index contributed by atoms with van der Waals surface area (Å²) in [6, 6.07) is 0. The Morgan fingerprint density at radius 2 is 2.18 bits per heavy atom. The molecule has 1 fully saturated rings. The molecule has 1 amide bonds. The summed E-state index contributed by atoms with van der Waals surface area (Å²) in [5.74, 6) is 0.492. The number of carbonyl (C=O) groups excluding carboxylic acids is 1. The standard InChI is InChI=1S/C12H23NO3S/c1-12(15,9-16-2)8-13-11(14)7-17-10-5-3-4-6-10/h10,15H,3-9H2,1-2H3,(H,13,14). The number of rotatable bonds is 7. The lowest BCUT2D eigenvalue weighted by Gasteiger charge is -2.22. The number of carbonyl (C=O) groups is 1. The van der Waals surface area contributed by atoms with Crippen LogP contribution in [0.15, 0.2) is 0 Å². The molecule has 0 heterocycles. The third kappa shape index (κ3) is 6.29. The first-order valence-electron chi connectivity index (χ1n) is 6.13. The molecule has 17 heavy (non-hydrogen) atoms. The molecule has 2 N–H and O–H groups in total. The van der Waals surface area contributed by atoms with Gasteiger partial charge in [0.15, 0.2) is 0 Å². The summed E-state index contributed by atoms with van der Waals surface area (Å²) < 4.78 is 4.87. The summed E-state index contributed by atoms with van der Waals surface area (Å²) in [6.07, 6.45) is 5.06. The molecular weight excluding hydrogens is 238 g/mol. The van der Waals surface area contributed by atoms with Gasteiger partial charge in [0.05, 0.1) is 12.4 Å². The molecule has 5 heteroatoms. The van der Waals surface area contributed by atoms with Crippen molar-refractivity contribution in [3.63, 3.8) is 0 Å². The van der Waals surface area contributed by atoms with Crippen LogP contribution in [0.3, 0.4) is 0 Å². The number of hydrogen-bond donors (Lipinski definition) is 2. The minimum absolute atomic E-state index is 0.00159. The number of ether oxygens (including phenoxy) is 1. The number of nitrogens with one attached hydrogen (secondary N) is 1. The topological polar surface area (TPSA) is 58.6 Å². The van der Waals surface area contributed by atoms with Crippen molar-refractivity contribution in [2.24, 2.45) is 0 Å². The highest BCUT2D eigenvalue weighted by Crippen LogP contribution is 2.28. The van der Waals surface area contributed by atoms with E-state index in [1.54, 1.807) is 18.7 Å². The van der Waals surface area contributed by atoms with Crippen LogP contribution in [0.25, 0.3) is 0 Å². The second kappa shape index (κ2) is 7.24. The molecule has 1 rings (SSSR count). The minimum atomic E-state index is -0.984. The Bertz CT molecular complexity index is 240. The first kappa shape index (κ1) is 14.8. The molecule has 0 aromatic rings. The smallest absolute Gasteiger partial charge is 0.230 e. The predicted octanol–water partition coefficient (Wildman–Crippen LogP) is 1.18. The predicted molar refractivity (Wildman–Crippen MR) is 70.2 cm³/mol. The Hall–Kier alpha value is -0.260. The molecule has 4 nitrogen and oxygen atoms in total. The Balaban J connectivity index is 2.11.